The molecule has 0 amide bonds. The van der Waals surface area contributed by atoms with Gasteiger partial charge in [-0.1, -0.05) is 12.2 Å². The predicted octanol–water partition coefficient (Wildman–Crippen LogP) is 3.63. The van der Waals surface area contributed by atoms with Crippen molar-refractivity contribution in [1.29, 1.82) is 0 Å². The highest BCUT2D eigenvalue weighted by molar-refractivity contribution is 5.90. The van der Waals surface area contributed by atoms with E-state index in [0.29, 0.717) is 5.57 Å². The maximum absolute atomic E-state index is 11.8. The van der Waals surface area contributed by atoms with Gasteiger partial charge in [0.15, 0.2) is 0 Å². The van der Waals surface area contributed by atoms with Crippen LogP contribution in [0.15, 0.2) is 34.4 Å². The second-order valence-electron chi connectivity index (χ2n) is 4.78. The first-order valence-electron chi connectivity index (χ1n) is 6.58. The summed E-state index contributed by atoms with van der Waals surface area (Å²) in [6.07, 6.45) is 11.2. The first-order chi connectivity index (χ1) is 8.74. The Hall–Kier alpha value is -1.35. The minimum absolute atomic E-state index is 0.381. The highest BCUT2D eigenvalue weighted by atomic mass is 17.2. The molecule has 0 bridgehead atoms. The van der Waals surface area contributed by atoms with E-state index < -0.39 is 0 Å². The summed E-state index contributed by atoms with van der Waals surface area (Å²) in [5.41, 5.74) is 4.37. The SMILES string of the molecule is COOC(=O)C(C)=C(C1=CCCC1)C1=CCCC1. The Morgan fingerprint density at radius 1 is 1.11 bits per heavy atom. The third kappa shape index (κ3) is 2.72. The van der Waals surface area contributed by atoms with E-state index in [1.54, 1.807) is 0 Å². The lowest BCUT2D eigenvalue weighted by Crippen LogP contribution is -2.09. The third-order valence-corrected chi connectivity index (χ3v) is 3.56. The summed E-state index contributed by atoms with van der Waals surface area (Å²) in [5.74, 6) is -0.381. The van der Waals surface area contributed by atoms with Crippen LogP contribution in [0.4, 0.5) is 0 Å². The minimum atomic E-state index is -0.381. The van der Waals surface area contributed by atoms with Crippen molar-refractivity contribution in [3.63, 3.8) is 0 Å². The number of rotatable bonds is 4. The fourth-order valence-electron chi connectivity index (χ4n) is 2.72. The first kappa shape index (κ1) is 13.1. The van der Waals surface area contributed by atoms with Crippen LogP contribution >= 0.6 is 0 Å². The molecule has 2 aliphatic carbocycles. The number of allylic oxidation sites excluding steroid dienone is 5. The van der Waals surface area contributed by atoms with Gasteiger partial charge in [0.1, 0.15) is 0 Å². The molecule has 0 fully saturated rings. The highest BCUT2D eigenvalue weighted by Crippen LogP contribution is 2.36. The van der Waals surface area contributed by atoms with Crippen LogP contribution in [0.1, 0.15) is 45.4 Å². The summed E-state index contributed by atoms with van der Waals surface area (Å²) in [4.78, 5) is 21.0. The zero-order valence-electron chi connectivity index (χ0n) is 11.1. The molecule has 3 heteroatoms. The summed E-state index contributed by atoms with van der Waals surface area (Å²) >= 11 is 0. The minimum Gasteiger partial charge on any atom is -0.293 e. The monoisotopic (exact) mass is 248 g/mol. The predicted molar refractivity (Wildman–Crippen MR) is 69.7 cm³/mol. The molecular formula is C15H20O3. The quantitative estimate of drug-likeness (QED) is 0.433. The summed E-state index contributed by atoms with van der Waals surface area (Å²) in [7, 11) is 1.36. The summed E-state index contributed by atoms with van der Waals surface area (Å²) in [5, 5.41) is 0. The van der Waals surface area contributed by atoms with Gasteiger partial charge in [-0.2, -0.15) is 4.89 Å². The van der Waals surface area contributed by atoms with E-state index in [0.717, 1.165) is 31.3 Å². The van der Waals surface area contributed by atoms with Gasteiger partial charge < -0.3 is 0 Å². The summed E-state index contributed by atoms with van der Waals surface area (Å²) in [6, 6.07) is 0. The molecule has 0 N–H and O–H groups in total. The molecule has 0 spiro atoms. The van der Waals surface area contributed by atoms with Crippen LogP contribution in [-0.2, 0) is 14.6 Å². The maximum Gasteiger partial charge on any atom is 0.369 e. The molecule has 0 aromatic rings. The standard InChI is InChI=1S/C15H20O3/c1-11(15(16)18-17-2)14(12-7-3-4-8-12)13-9-5-6-10-13/h7,9H,3-6,8,10H2,1-2H3. The molecule has 2 rings (SSSR count). The van der Waals surface area contributed by atoms with E-state index in [-0.39, 0.29) is 5.97 Å². The highest BCUT2D eigenvalue weighted by Gasteiger charge is 2.22. The lowest BCUT2D eigenvalue weighted by atomic mass is 9.92. The van der Waals surface area contributed by atoms with E-state index >= 15 is 0 Å². The third-order valence-electron chi connectivity index (χ3n) is 3.56. The zero-order valence-corrected chi connectivity index (χ0v) is 11.1. The largest absolute Gasteiger partial charge is 0.369 e. The molecule has 0 saturated carbocycles. The molecule has 0 aromatic carbocycles. The van der Waals surface area contributed by atoms with Crippen molar-refractivity contribution in [3.8, 4) is 0 Å². The van der Waals surface area contributed by atoms with Crippen LogP contribution in [0.3, 0.4) is 0 Å². The van der Waals surface area contributed by atoms with Crippen LogP contribution in [0.2, 0.25) is 0 Å². The Balaban J connectivity index is 2.34. The fraction of sp³-hybridized carbons (Fsp3) is 0.533. The number of carbonyl (C=O) groups is 1. The lowest BCUT2D eigenvalue weighted by molar-refractivity contribution is -0.250. The van der Waals surface area contributed by atoms with Gasteiger partial charge in [0.2, 0.25) is 0 Å². The van der Waals surface area contributed by atoms with E-state index in [1.165, 1.54) is 31.1 Å². The van der Waals surface area contributed by atoms with Gasteiger partial charge in [-0.15, -0.1) is 0 Å². The normalized spacial score (nSPS) is 18.3. The molecule has 2 aliphatic rings. The van der Waals surface area contributed by atoms with Crippen molar-refractivity contribution in [2.45, 2.75) is 45.4 Å². The van der Waals surface area contributed by atoms with Crippen molar-refractivity contribution >= 4 is 5.97 Å². The zero-order chi connectivity index (χ0) is 13.0. The van der Waals surface area contributed by atoms with Crippen LogP contribution in [0, 0.1) is 0 Å². The second kappa shape index (κ2) is 6.01. The molecule has 0 aliphatic heterocycles. The number of hydrogen-bond acceptors (Lipinski definition) is 3. The Labute approximate surface area is 108 Å². The average Bonchev–Trinajstić information content (AvgIpc) is 3.02. The molecular weight excluding hydrogens is 228 g/mol. The molecule has 0 unspecified atom stereocenters. The Bertz CT molecular complexity index is 401. The molecule has 0 heterocycles. The summed E-state index contributed by atoms with van der Waals surface area (Å²) in [6.45, 7) is 1.83. The maximum atomic E-state index is 11.8. The van der Waals surface area contributed by atoms with Gasteiger partial charge in [0.05, 0.1) is 7.11 Å². The molecule has 0 radical (unpaired) electrons. The van der Waals surface area contributed by atoms with Crippen molar-refractivity contribution in [2.75, 3.05) is 7.11 Å². The van der Waals surface area contributed by atoms with Crippen LogP contribution in [0.5, 0.6) is 0 Å². The second-order valence-corrected chi connectivity index (χ2v) is 4.78. The molecule has 0 saturated heterocycles. The van der Waals surface area contributed by atoms with Gasteiger partial charge in [-0.3, -0.25) is 4.89 Å². The van der Waals surface area contributed by atoms with E-state index in [1.807, 2.05) is 6.92 Å². The number of hydrogen-bond donors (Lipinski definition) is 0. The topological polar surface area (TPSA) is 35.5 Å². The molecule has 0 aromatic heterocycles. The van der Waals surface area contributed by atoms with Gasteiger partial charge in [-0.05, 0) is 62.2 Å². The molecule has 3 nitrogen and oxygen atoms in total. The average molecular weight is 248 g/mol. The molecule has 18 heavy (non-hydrogen) atoms. The Kier molecular flexibility index (Phi) is 4.37. The smallest absolute Gasteiger partial charge is 0.293 e. The summed E-state index contributed by atoms with van der Waals surface area (Å²) < 4.78 is 0. The van der Waals surface area contributed by atoms with Crippen LogP contribution < -0.4 is 0 Å². The lowest BCUT2D eigenvalue weighted by Gasteiger charge is -2.14. The molecule has 98 valence electrons. The van der Waals surface area contributed by atoms with Gasteiger partial charge >= 0.3 is 5.97 Å². The Morgan fingerprint density at radius 2 is 1.67 bits per heavy atom. The Morgan fingerprint density at radius 3 is 2.06 bits per heavy atom. The van der Waals surface area contributed by atoms with Crippen LogP contribution in [0.25, 0.3) is 0 Å². The van der Waals surface area contributed by atoms with E-state index in [9.17, 15) is 4.79 Å². The van der Waals surface area contributed by atoms with Crippen molar-refractivity contribution in [1.82, 2.24) is 0 Å². The van der Waals surface area contributed by atoms with Crippen LogP contribution in [-0.4, -0.2) is 13.1 Å². The van der Waals surface area contributed by atoms with Gasteiger partial charge in [-0.25, -0.2) is 4.79 Å². The first-order valence-corrected chi connectivity index (χ1v) is 6.58. The van der Waals surface area contributed by atoms with Gasteiger partial charge in [0, 0.05) is 5.57 Å². The van der Waals surface area contributed by atoms with E-state index in [4.69, 9.17) is 0 Å². The fourth-order valence-corrected chi connectivity index (χ4v) is 2.72. The molecule has 0 atom stereocenters. The van der Waals surface area contributed by atoms with Crippen molar-refractivity contribution < 1.29 is 14.6 Å². The number of carbonyl (C=O) groups excluding carboxylic acids is 1. The van der Waals surface area contributed by atoms with Gasteiger partial charge in [0.25, 0.3) is 0 Å². The van der Waals surface area contributed by atoms with Crippen molar-refractivity contribution in [2.24, 2.45) is 0 Å². The van der Waals surface area contributed by atoms with E-state index in [2.05, 4.69) is 21.9 Å². The van der Waals surface area contributed by atoms with Crippen molar-refractivity contribution in [3.05, 3.63) is 34.4 Å².